The summed E-state index contributed by atoms with van der Waals surface area (Å²) in [6, 6.07) is 6.71. The first kappa shape index (κ1) is 21.6. The van der Waals surface area contributed by atoms with Crippen LogP contribution in [0.5, 0.6) is 0 Å². The van der Waals surface area contributed by atoms with E-state index in [9.17, 15) is 14.4 Å². The van der Waals surface area contributed by atoms with Crippen molar-refractivity contribution >= 4 is 29.3 Å². The monoisotopic (exact) mass is 487 g/mol. The Labute approximate surface area is 208 Å². The average Bonchev–Trinajstić information content (AvgIpc) is 3.60. The van der Waals surface area contributed by atoms with E-state index in [0.717, 1.165) is 17.8 Å². The van der Waals surface area contributed by atoms with Gasteiger partial charge in [0, 0.05) is 38.1 Å². The second-order valence-corrected chi connectivity index (χ2v) is 11.2. The van der Waals surface area contributed by atoms with Crippen LogP contribution in [-0.4, -0.2) is 56.6 Å². The number of carbonyl (C=O) groups is 3. The Morgan fingerprint density at radius 2 is 1.83 bits per heavy atom. The highest BCUT2D eigenvalue weighted by Gasteiger charge is 2.50. The van der Waals surface area contributed by atoms with Gasteiger partial charge in [-0.05, 0) is 73.8 Å². The molecule has 186 valence electrons. The van der Waals surface area contributed by atoms with Crippen molar-refractivity contribution in [1.82, 2.24) is 29.8 Å². The fourth-order valence-corrected chi connectivity index (χ4v) is 7.54. The van der Waals surface area contributed by atoms with Crippen LogP contribution < -0.4 is 15.5 Å². The average molecular weight is 488 g/mol. The van der Waals surface area contributed by atoms with Crippen LogP contribution in [0.1, 0.15) is 59.5 Å². The minimum absolute atomic E-state index is 0.144. The highest BCUT2D eigenvalue weighted by atomic mass is 16.2. The summed E-state index contributed by atoms with van der Waals surface area (Å²) >= 11 is 0. The van der Waals surface area contributed by atoms with Gasteiger partial charge in [-0.3, -0.25) is 18.9 Å². The first-order chi connectivity index (χ1) is 17.5. The third kappa shape index (κ3) is 3.50. The normalized spacial score (nSPS) is 28.6. The molecule has 1 aliphatic heterocycles. The molecule has 4 heterocycles. The molecule has 10 heteroatoms. The molecule has 4 aliphatic carbocycles. The topological polar surface area (TPSA) is 114 Å². The van der Waals surface area contributed by atoms with Crippen LogP contribution in [-0.2, 0) is 0 Å². The van der Waals surface area contributed by atoms with E-state index in [1.54, 1.807) is 34.9 Å². The van der Waals surface area contributed by atoms with Crippen molar-refractivity contribution in [3.63, 3.8) is 0 Å². The lowest BCUT2D eigenvalue weighted by Gasteiger charge is -2.56. The molecule has 36 heavy (non-hydrogen) atoms. The molecule has 1 saturated heterocycles. The van der Waals surface area contributed by atoms with Gasteiger partial charge in [0.2, 0.25) is 0 Å². The molecule has 3 aromatic heterocycles. The number of carbonyl (C=O) groups excluding carboxylic acids is 3. The van der Waals surface area contributed by atoms with E-state index >= 15 is 0 Å². The zero-order chi connectivity index (χ0) is 24.4. The van der Waals surface area contributed by atoms with E-state index in [0.29, 0.717) is 36.8 Å². The van der Waals surface area contributed by atoms with Gasteiger partial charge in [0.25, 0.3) is 11.8 Å². The number of rotatable bonds is 5. The Bertz CT molecular complexity index is 1350. The van der Waals surface area contributed by atoms with Crippen LogP contribution in [0, 0.1) is 23.2 Å². The van der Waals surface area contributed by atoms with Gasteiger partial charge in [-0.1, -0.05) is 6.07 Å². The van der Waals surface area contributed by atoms with Gasteiger partial charge in [0.15, 0.2) is 5.82 Å². The van der Waals surface area contributed by atoms with E-state index in [2.05, 4.69) is 20.7 Å². The van der Waals surface area contributed by atoms with Crippen LogP contribution >= 0.6 is 0 Å². The van der Waals surface area contributed by atoms with Crippen molar-refractivity contribution in [1.29, 1.82) is 0 Å². The quantitative estimate of drug-likeness (QED) is 0.575. The van der Waals surface area contributed by atoms with Crippen molar-refractivity contribution in [2.75, 3.05) is 24.5 Å². The number of aromatic nitrogens is 4. The molecule has 10 nitrogen and oxygen atoms in total. The number of anilines is 1. The molecule has 4 bridgehead atoms. The lowest BCUT2D eigenvalue weighted by atomic mass is 9.49. The van der Waals surface area contributed by atoms with Crippen molar-refractivity contribution in [2.24, 2.45) is 23.2 Å². The van der Waals surface area contributed by atoms with Gasteiger partial charge < -0.3 is 10.6 Å². The second-order valence-electron chi connectivity index (χ2n) is 11.2. The molecule has 4 saturated carbocycles. The molecule has 5 aliphatic rings. The van der Waals surface area contributed by atoms with E-state index < -0.39 is 5.91 Å². The van der Waals surface area contributed by atoms with Crippen LogP contribution in [0.2, 0.25) is 0 Å². The van der Waals surface area contributed by atoms with Gasteiger partial charge in [-0.25, -0.2) is 14.5 Å². The van der Waals surface area contributed by atoms with Gasteiger partial charge >= 0.3 is 6.03 Å². The first-order valence-corrected chi connectivity index (χ1v) is 12.9. The number of pyridine rings is 1. The second kappa shape index (κ2) is 7.91. The number of nitrogens with zero attached hydrogens (tertiary/aromatic N) is 5. The maximum Gasteiger partial charge on any atom is 0.323 e. The van der Waals surface area contributed by atoms with E-state index in [4.69, 9.17) is 0 Å². The van der Waals surface area contributed by atoms with Gasteiger partial charge in [0.1, 0.15) is 17.0 Å². The Kier molecular flexibility index (Phi) is 4.74. The number of urea groups is 1. The third-order valence-corrected chi connectivity index (χ3v) is 8.65. The fourth-order valence-electron chi connectivity index (χ4n) is 7.54. The Morgan fingerprint density at radius 3 is 2.53 bits per heavy atom. The minimum atomic E-state index is -0.426. The predicted octanol–water partition coefficient (Wildman–Crippen LogP) is 2.70. The highest BCUT2D eigenvalue weighted by molar-refractivity contribution is 5.97. The molecule has 0 unspecified atom stereocenters. The third-order valence-electron chi connectivity index (χ3n) is 8.65. The zero-order valence-corrected chi connectivity index (χ0v) is 20.0. The molecule has 2 N–H and O–H groups in total. The predicted molar refractivity (Wildman–Crippen MR) is 131 cm³/mol. The highest BCUT2D eigenvalue weighted by Crippen LogP contribution is 2.59. The number of amides is 3. The molecular formula is C26H29N7O3. The standard InChI is InChI=1S/C26H29N7O3/c34-23(28-15-26-11-16-8-17(12-26)10-18(9-16)13-26)20-2-1-3-21-29-19(14-32(20)21)24(35)33-6-4-22(30-33)31-7-5-27-25(31)36/h1-4,6,14,16-18H,5,7-13,15H2,(H,27,36)(H,28,34). The summed E-state index contributed by atoms with van der Waals surface area (Å²) in [5, 5.41) is 10.2. The molecule has 0 radical (unpaired) electrons. The molecular weight excluding hydrogens is 458 g/mol. The zero-order valence-electron chi connectivity index (χ0n) is 20.0. The summed E-state index contributed by atoms with van der Waals surface area (Å²) in [6.07, 6.45) is 10.9. The summed E-state index contributed by atoms with van der Waals surface area (Å²) in [6.45, 7) is 1.76. The van der Waals surface area contributed by atoms with E-state index in [1.165, 1.54) is 54.3 Å². The van der Waals surface area contributed by atoms with Crippen LogP contribution in [0.25, 0.3) is 5.65 Å². The maximum atomic E-state index is 13.3. The Morgan fingerprint density at radius 1 is 1.08 bits per heavy atom. The molecule has 0 atom stereocenters. The summed E-state index contributed by atoms with van der Waals surface area (Å²) in [7, 11) is 0. The Balaban J connectivity index is 1.10. The van der Waals surface area contributed by atoms with Gasteiger partial charge in [-0.2, -0.15) is 0 Å². The molecule has 3 amide bonds. The first-order valence-electron chi connectivity index (χ1n) is 12.9. The molecule has 5 fully saturated rings. The SMILES string of the molecule is O=C(NCC12CC3CC(CC(C3)C1)C2)c1cccc2nc(C(=O)n3ccc(N4CCNC4=O)n3)cn12. The van der Waals surface area contributed by atoms with Crippen LogP contribution in [0.15, 0.2) is 36.7 Å². The van der Waals surface area contributed by atoms with Crippen LogP contribution in [0.3, 0.4) is 0 Å². The number of hydrogen-bond acceptors (Lipinski definition) is 5. The summed E-state index contributed by atoms with van der Waals surface area (Å²) in [5.41, 5.74) is 1.40. The molecule has 0 spiro atoms. The minimum Gasteiger partial charge on any atom is -0.350 e. The van der Waals surface area contributed by atoms with Gasteiger partial charge in [0.05, 0.1) is 0 Å². The van der Waals surface area contributed by atoms with E-state index in [-0.39, 0.29) is 23.0 Å². The lowest BCUT2D eigenvalue weighted by molar-refractivity contribution is -0.0503. The van der Waals surface area contributed by atoms with Gasteiger partial charge in [-0.15, -0.1) is 5.10 Å². The van der Waals surface area contributed by atoms with Crippen molar-refractivity contribution < 1.29 is 14.4 Å². The number of nitrogens with one attached hydrogen (secondary N) is 2. The number of hydrogen-bond donors (Lipinski definition) is 2. The molecule has 8 rings (SSSR count). The maximum absolute atomic E-state index is 13.3. The summed E-state index contributed by atoms with van der Waals surface area (Å²) in [5.74, 6) is 2.34. The summed E-state index contributed by atoms with van der Waals surface area (Å²) in [4.78, 5) is 44.2. The Hall–Kier alpha value is -3.69. The largest absolute Gasteiger partial charge is 0.350 e. The molecule has 0 aromatic carbocycles. The summed E-state index contributed by atoms with van der Waals surface area (Å²) < 4.78 is 2.84. The van der Waals surface area contributed by atoms with Crippen molar-refractivity contribution in [3.8, 4) is 0 Å². The molecule has 3 aromatic rings. The van der Waals surface area contributed by atoms with Crippen molar-refractivity contribution in [3.05, 3.63) is 48.0 Å². The van der Waals surface area contributed by atoms with Crippen LogP contribution in [0.4, 0.5) is 10.6 Å². The number of imidazole rings is 1. The number of fused-ring (bicyclic) bond motifs is 1. The smallest absolute Gasteiger partial charge is 0.323 e. The lowest BCUT2D eigenvalue weighted by Crippen LogP contribution is -2.51. The van der Waals surface area contributed by atoms with Crippen molar-refractivity contribution in [2.45, 2.75) is 38.5 Å². The fraction of sp³-hybridized carbons (Fsp3) is 0.500. The van der Waals surface area contributed by atoms with E-state index in [1.807, 2.05) is 0 Å².